The van der Waals surface area contributed by atoms with Crippen LogP contribution in [0.3, 0.4) is 0 Å². The number of guanidine groups is 1. The molecule has 6 nitrogen and oxygen atoms in total. The van der Waals surface area contributed by atoms with Gasteiger partial charge in [-0.15, -0.1) is 0 Å². The molecule has 1 saturated carbocycles. The molecule has 1 aliphatic carbocycles. The predicted octanol–water partition coefficient (Wildman–Crippen LogP) is 0.574. The molecule has 1 fully saturated rings. The fourth-order valence-corrected chi connectivity index (χ4v) is 2.79. The van der Waals surface area contributed by atoms with Gasteiger partial charge >= 0.3 is 0 Å². The monoisotopic (exact) mass is 284 g/mol. The normalized spacial score (nSPS) is 19.7. The molecular weight excluding hydrogens is 256 g/mol. The number of nitrogens with zero attached hydrogens (tertiary/aromatic N) is 2. The van der Waals surface area contributed by atoms with Gasteiger partial charge in [0.05, 0.1) is 18.6 Å². The number of hydrogen-bond donors (Lipinski definition) is 2. The maximum absolute atomic E-state index is 12.4. The zero-order chi connectivity index (χ0) is 15.2. The van der Waals surface area contributed by atoms with E-state index in [4.69, 9.17) is 10.5 Å². The molecule has 0 bridgehead atoms. The Balaban J connectivity index is 2.65. The summed E-state index contributed by atoms with van der Waals surface area (Å²) in [6.45, 7) is 3.00. The first-order chi connectivity index (χ1) is 9.41. The Kier molecular flexibility index (Phi) is 6.26. The second-order valence-corrected chi connectivity index (χ2v) is 5.89. The molecule has 1 unspecified atom stereocenters. The molecule has 1 amide bonds. The maximum Gasteiger partial charge on any atom is 0.230 e. The minimum absolute atomic E-state index is 0.104. The number of nitrogens with two attached hydrogens (primary N) is 1. The highest BCUT2D eigenvalue weighted by molar-refractivity contribution is 5.84. The van der Waals surface area contributed by atoms with E-state index in [1.165, 1.54) is 0 Å². The van der Waals surface area contributed by atoms with Gasteiger partial charge in [-0.2, -0.15) is 0 Å². The highest BCUT2D eigenvalue weighted by atomic mass is 16.5. The second-order valence-electron chi connectivity index (χ2n) is 5.89. The van der Waals surface area contributed by atoms with E-state index in [2.05, 4.69) is 10.3 Å². The minimum Gasteiger partial charge on any atom is -0.383 e. The van der Waals surface area contributed by atoms with Crippen LogP contribution in [0.1, 0.15) is 32.6 Å². The van der Waals surface area contributed by atoms with Crippen LogP contribution in [0.15, 0.2) is 4.99 Å². The zero-order valence-electron chi connectivity index (χ0n) is 13.1. The van der Waals surface area contributed by atoms with Gasteiger partial charge in [-0.1, -0.05) is 12.8 Å². The van der Waals surface area contributed by atoms with E-state index >= 15 is 0 Å². The van der Waals surface area contributed by atoms with Gasteiger partial charge in [0.2, 0.25) is 5.91 Å². The number of methoxy groups -OCH3 is 1. The summed E-state index contributed by atoms with van der Waals surface area (Å²) in [5.74, 6) is 0.545. The molecule has 0 spiro atoms. The van der Waals surface area contributed by atoms with Crippen molar-refractivity contribution in [2.45, 2.75) is 38.6 Å². The lowest BCUT2D eigenvalue weighted by atomic mass is 9.85. The average Bonchev–Trinajstić information content (AvgIpc) is 2.85. The van der Waals surface area contributed by atoms with Crippen molar-refractivity contribution in [3.8, 4) is 0 Å². The molecule has 6 heteroatoms. The summed E-state index contributed by atoms with van der Waals surface area (Å²) in [7, 11) is 5.25. The lowest BCUT2D eigenvalue weighted by molar-refractivity contribution is -0.138. The Morgan fingerprint density at radius 2 is 2.05 bits per heavy atom. The van der Waals surface area contributed by atoms with Gasteiger partial charge < -0.3 is 20.7 Å². The summed E-state index contributed by atoms with van der Waals surface area (Å²) in [4.78, 5) is 18.4. The number of hydrogen-bond acceptors (Lipinski definition) is 3. The quantitative estimate of drug-likeness (QED) is 0.552. The van der Waals surface area contributed by atoms with Gasteiger partial charge in [-0.25, -0.2) is 0 Å². The molecule has 0 aromatic carbocycles. The number of rotatable bonds is 6. The first kappa shape index (κ1) is 16.8. The highest BCUT2D eigenvalue weighted by Crippen LogP contribution is 2.39. The van der Waals surface area contributed by atoms with Crippen molar-refractivity contribution in [2.75, 3.05) is 34.4 Å². The summed E-state index contributed by atoms with van der Waals surface area (Å²) in [6.07, 6.45) is 3.97. The predicted molar refractivity (Wildman–Crippen MR) is 80.6 cm³/mol. The minimum atomic E-state index is -0.361. The van der Waals surface area contributed by atoms with Crippen molar-refractivity contribution < 1.29 is 9.53 Å². The van der Waals surface area contributed by atoms with Gasteiger partial charge in [0.25, 0.3) is 0 Å². The topological polar surface area (TPSA) is 80.0 Å². The van der Waals surface area contributed by atoms with Crippen LogP contribution in [0.4, 0.5) is 0 Å². The van der Waals surface area contributed by atoms with E-state index in [0.29, 0.717) is 19.1 Å². The van der Waals surface area contributed by atoms with Crippen LogP contribution >= 0.6 is 0 Å². The molecule has 1 atom stereocenters. The lowest BCUT2D eigenvalue weighted by Gasteiger charge is -2.29. The van der Waals surface area contributed by atoms with E-state index in [9.17, 15) is 4.79 Å². The van der Waals surface area contributed by atoms with Crippen molar-refractivity contribution >= 4 is 11.9 Å². The molecule has 0 aromatic rings. The third-order valence-corrected chi connectivity index (χ3v) is 3.78. The van der Waals surface area contributed by atoms with Crippen LogP contribution < -0.4 is 11.1 Å². The van der Waals surface area contributed by atoms with Crippen LogP contribution in [-0.2, 0) is 9.53 Å². The molecule has 116 valence electrons. The third-order valence-electron chi connectivity index (χ3n) is 3.78. The standard InChI is InChI=1S/C14H28N4O2/c1-11(9-20-4)17-13(15)16-10-14(7-5-6-8-14)12(19)18(2)3/h11H,5-10H2,1-4H3,(H3,15,16,17). The van der Waals surface area contributed by atoms with Gasteiger partial charge in [0, 0.05) is 27.2 Å². The largest absolute Gasteiger partial charge is 0.383 e. The number of nitrogens with one attached hydrogen (secondary N) is 1. The molecular formula is C14H28N4O2. The fourth-order valence-electron chi connectivity index (χ4n) is 2.79. The third kappa shape index (κ3) is 4.37. The molecule has 1 rings (SSSR count). The van der Waals surface area contributed by atoms with Crippen molar-refractivity contribution in [1.82, 2.24) is 10.2 Å². The number of carbonyl (C=O) groups is 1. The first-order valence-electron chi connectivity index (χ1n) is 7.18. The Morgan fingerprint density at radius 1 is 1.45 bits per heavy atom. The molecule has 3 N–H and O–H groups in total. The molecule has 20 heavy (non-hydrogen) atoms. The number of carbonyl (C=O) groups excluding carboxylic acids is 1. The molecule has 0 aromatic heterocycles. The van der Waals surface area contributed by atoms with Crippen molar-refractivity contribution in [1.29, 1.82) is 0 Å². The van der Waals surface area contributed by atoms with Crippen LogP contribution in [0.25, 0.3) is 0 Å². The van der Waals surface area contributed by atoms with E-state index in [0.717, 1.165) is 25.7 Å². The fraction of sp³-hybridized carbons (Fsp3) is 0.857. The van der Waals surface area contributed by atoms with E-state index in [1.807, 2.05) is 6.92 Å². The maximum atomic E-state index is 12.4. The van der Waals surface area contributed by atoms with Crippen LogP contribution in [0.5, 0.6) is 0 Å². The van der Waals surface area contributed by atoms with Crippen LogP contribution in [0, 0.1) is 5.41 Å². The van der Waals surface area contributed by atoms with E-state index in [-0.39, 0.29) is 17.4 Å². The second kappa shape index (κ2) is 7.47. The van der Waals surface area contributed by atoms with Gasteiger partial charge in [0.1, 0.15) is 0 Å². The van der Waals surface area contributed by atoms with Crippen LogP contribution in [-0.4, -0.2) is 57.2 Å². The molecule has 1 aliphatic rings. The summed E-state index contributed by atoms with van der Waals surface area (Å²) in [5.41, 5.74) is 5.52. The summed E-state index contributed by atoms with van der Waals surface area (Å²) in [6, 6.07) is 0.104. The van der Waals surface area contributed by atoms with E-state index in [1.54, 1.807) is 26.1 Å². The van der Waals surface area contributed by atoms with Crippen molar-refractivity contribution in [3.63, 3.8) is 0 Å². The smallest absolute Gasteiger partial charge is 0.230 e. The SMILES string of the molecule is COCC(C)NC(N)=NCC1(C(=O)N(C)C)CCCC1. The Bertz CT molecular complexity index is 349. The van der Waals surface area contributed by atoms with Gasteiger partial charge in [-0.05, 0) is 19.8 Å². The summed E-state index contributed by atoms with van der Waals surface area (Å²) in [5, 5.41) is 3.07. The number of amides is 1. The van der Waals surface area contributed by atoms with E-state index < -0.39 is 0 Å². The summed E-state index contributed by atoms with van der Waals surface area (Å²) < 4.78 is 5.04. The average molecular weight is 284 g/mol. The molecule has 0 radical (unpaired) electrons. The van der Waals surface area contributed by atoms with Crippen molar-refractivity contribution in [3.05, 3.63) is 0 Å². The number of aliphatic imine (C=N–C) groups is 1. The van der Waals surface area contributed by atoms with Gasteiger partial charge in [0.15, 0.2) is 5.96 Å². The summed E-state index contributed by atoms with van der Waals surface area (Å²) >= 11 is 0. The number of ether oxygens (including phenoxy) is 1. The Morgan fingerprint density at radius 3 is 2.55 bits per heavy atom. The van der Waals surface area contributed by atoms with Gasteiger partial charge in [-0.3, -0.25) is 9.79 Å². The molecule has 0 saturated heterocycles. The molecule has 0 heterocycles. The Labute approximate surface area is 121 Å². The molecule has 0 aliphatic heterocycles. The highest BCUT2D eigenvalue weighted by Gasteiger charge is 2.41. The lowest BCUT2D eigenvalue weighted by Crippen LogP contribution is -2.44. The Hall–Kier alpha value is -1.30. The van der Waals surface area contributed by atoms with Crippen LogP contribution in [0.2, 0.25) is 0 Å². The first-order valence-corrected chi connectivity index (χ1v) is 7.18. The zero-order valence-corrected chi connectivity index (χ0v) is 13.1. The van der Waals surface area contributed by atoms with Crippen molar-refractivity contribution in [2.24, 2.45) is 16.1 Å².